The molecule has 4 heteroatoms. The zero-order valence-electron chi connectivity index (χ0n) is 8.91. The van der Waals surface area contributed by atoms with Gasteiger partial charge in [-0.15, -0.1) is 0 Å². The molecule has 4 nitrogen and oxygen atoms in total. The lowest BCUT2D eigenvalue weighted by molar-refractivity contribution is 0.0954. The number of amides is 1. The Kier molecular flexibility index (Phi) is 3.85. The van der Waals surface area contributed by atoms with Crippen molar-refractivity contribution in [1.82, 2.24) is 10.3 Å². The summed E-state index contributed by atoms with van der Waals surface area (Å²) in [6, 6.07) is 1.62. The van der Waals surface area contributed by atoms with Crippen molar-refractivity contribution in [3.05, 3.63) is 36.2 Å². The van der Waals surface area contributed by atoms with Crippen LogP contribution in [0.4, 0.5) is 0 Å². The molecule has 0 unspecified atom stereocenters. The SMILES string of the molecule is C=C(C)CNC(=O)c1ccncc1OC. The van der Waals surface area contributed by atoms with Gasteiger partial charge in [0.2, 0.25) is 0 Å². The number of nitrogens with one attached hydrogen (secondary N) is 1. The Morgan fingerprint density at radius 3 is 3.00 bits per heavy atom. The maximum Gasteiger partial charge on any atom is 0.255 e. The predicted molar refractivity (Wildman–Crippen MR) is 57.9 cm³/mol. The van der Waals surface area contributed by atoms with Gasteiger partial charge in [0.05, 0.1) is 18.9 Å². The van der Waals surface area contributed by atoms with Crippen molar-refractivity contribution in [2.75, 3.05) is 13.7 Å². The molecule has 0 aliphatic rings. The molecule has 1 N–H and O–H groups in total. The molecule has 1 rings (SSSR count). The van der Waals surface area contributed by atoms with Crippen molar-refractivity contribution in [1.29, 1.82) is 0 Å². The van der Waals surface area contributed by atoms with Gasteiger partial charge < -0.3 is 10.1 Å². The lowest BCUT2D eigenvalue weighted by atomic mass is 10.2. The topological polar surface area (TPSA) is 51.2 Å². The molecule has 1 aromatic rings. The van der Waals surface area contributed by atoms with Crippen LogP contribution in [-0.2, 0) is 0 Å². The van der Waals surface area contributed by atoms with E-state index in [0.29, 0.717) is 17.9 Å². The highest BCUT2D eigenvalue weighted by atomic mass is 16.5. The summed E-state index contributed by atoms with van der Waals surface area (Å²) < 4.78 is 5.03. The van der Waals surface area contributed by atoms with Crippen LogP contribution in [0, 0.1) is 0 Å². The normalized spacial score (nSPS) is 9.47. The van der Waals surface area contributed by atoms with Crippen LogP contribution in [0.25, 0.3) is 0 Å². The first-order valence-corrected chi connectivity index (χ1v) is 4.55. The molecule has 0 spiro atoms. The Labute approximate surface area is 89.0 Å². The van der Waals surface area contributed by atoms with E-state index in [1.165, 1.54) is 13.3 Å². The van der Waals surface area contributed by atoms with Crippen LogP contribution >= 0.6 is 0 Å². The molecular formula is C11H14N2O2. The fraction of sp³-hybridized carbons (Fsp3) is 0.273. The second-order valence-corrected chi connectivity index (χ2v) is 3.22. The summed E-state index contributed by atoms with van der Waals surface area (Å²) in [5.74, 6) is 0.286. The summed E-state index contributed by atoms with van der Waals surface area (Å²) in [4.78, 5) is 15.5. The second-order valence-electron chi connectivity index (χ2n) is 3.22. The van der Waals surface area contributed by atoms with E-state index < -0.39 is 0 Å². The van der Waals surface area contributed by atoms with Crippen molar-refractivity contribution in [3.8, 4) is 5.75 Å². The van der Waals surface area contributed by atoms with Crippen LogP contribution in [0.3, 0.4) is 0 Å². The van der Waals surface area contributed by atoms with E-state index in [1.807, 2.05) is 6.92 Å². The first kappa shape index (κ1) is 11.2. The van der Waals surface area contributed by atoms with Crippen LogP contribution in [0.5, 0.6) is 5.75 Å². The van der Waals surface area contributed by atoms with Crippen molar-refractivity contribution in [2.45, 2.75) is 6.92 Å². The molecule has 0 saturated heterocycles. The number of pyridine rings is 1. The number of hydrogen-bond donors (Lipinski definition) is 1. The molecule has 1 amide bonds. The van der Waals surface area contributed by atoms with Crippen LogP contribution < -0.4 is 10.1 Å². The van der Waals surface area contributed by atoms with Gasteiger partial charge in [-0.2, -0.15) is 0 Å². The molecule has 0 atom stereocenters. The molecule has 15 heavy (non-hydrogen) atoms. The predicted octanol–water partition coefficient (Wildman–Crippen LogP) is 1.40. The smallest absolute Gasteiger partial charge is 0.255 e. The van der Waals surface area contributed by atoms with E-state index in [4.69, 9.17) is 4.74 Å². The van der Waals surface area contributed by atoms with Gasteiger partial charge in [-0.05, 0) is 13.0 Å². The molecule has 1 aromatic heterocycles. The molecule has 0 aliphatic heterocycles. The minimum absolute atomic E-state index is 0.183. The molecule has 0 aromatic carbocycles. The fourth-order valence-electron chi connectivity index (χ4n) is 1.06. The van der Waals surface area contributed by atoms with Crippen molar-refractivity contribution >= 4 is 5.91 Å². The van der Waals surface area contributed by atoms with Crippen molar-refractivity contribution in [3.63, 3.8) is 0 Å². The van der Waals surface area contributed by atoms with Gasteiger partial charge >= 0.3 is 0 Å². The van der Waals surface area contributed by atoms with Gasteiger partial charge in [0.25, 0.3) is 5.91 Å². The first-order chi connectivity index (χ1) is 7.15. The summed E-state index contributed by atoms with van der Waals surface area (Å²) in [6.07, 6.45) is 3.06. The number of carbonyl (C=O) groups is 1. The number of hydrogen-bond acceptors (Lipinski definition) is 3. The summed E-state index contributed by atoms with van der Waals surface area (Å²) in [5.41, 5.74) is 1.38. The average Bonchev–Trinajstić information content (AvgIpc) is 2.25. The summed E-state index contributed by atoms with van der Waals surface area (Å²) in [5, 5.41) is 2.73. The van der Waals surface area contributed by atoms with Gasteiger partial charge in [0, 0.05) is 12.7 Å². The van der Waals surface area contributed by atoms with Gasteiger partial charge in [0.15, 0.2) is 0 Å². The largest absolute Gasteiger partial charge is 0.494 e. The number of rotatable bonds is 4. The lowest BCUT2D eigenvalue weighted by Gasteiger charge is -2.08. The van der Waals surface area contributed by atoms with E-state index in [-0.39, 0.29) is 5.91 Å². The van der Waals surface area contributed by atoms with Gasteiger partial charge in [-0.3, -0.25) is 9.78 Å². The van der Waals surface area contributed by atoms with E-state index in [2.05, 4.69) is 16.9 Å². The van der Waals surface area contributed by atoms with Crippen LogP contribution in [0.2, 0.25) is 0 Å². The lowest BCUT2D eigenvalue weighted by Crippen LogP contribution is -2.25. The van der Waals surface area contributed by atoms with Gasteiger partial charge in [0.1, 0.15) is 5.75 Å². The van der Waals surface area contributed by atoms with Gasteiger partial charge in [-0.25, -0.2) is 0 Å². The zero-order valence-corrected chi connectivity index (χ0v) is 8.91. The van der Waals surface area contributed by atoms with E-state index in [9.17, 15) is 4.79 Å². The Bertz CT molecular complexity index is 375. The molecule has 0 saturated carbocycles. The number of aromatic nitrogens is 1. The second kappa shape index (κ2) is 5.14. The number of nitrogens with zero attached hydrogens (tertiary/aromatic N) is 1. The van der Waals surface area contributed by atoms with Crippen LogP contribution in [-0.4, -0.2) is 24.5 Å². The maximum atomic E-state index is 11.7. The molecule has 0 aliphatic carbocycles. The number of ether oxygens (including phenoxy) is 1. The average molecular weight is 206 g/mol. The Hall–Kier alpha value is -1.84. The molecule has 80 valence electrons. The number of methoxy groups -OCH3 is 1. The summed E-state index contributed by atoms with van der Waals surface area (Å²) in [6.45, 7) is 6.02. The van der Waals surface area contributed by atoms with E-state index in [0.717, 1.165) is 5.57 Å². The molecule has 0 radical (unpaired) electrons. The zero-order chi connectivity index (χ0) is 11.3. The third kappa shape index (κ3) is 3.09. The first-order valence-electron chi connectivity index (χ1n) is 4.55. The highest BCUT2D eigenvalue weighted by Gasteiger charge is 2.10. The fourth-order valence-corrected chi connectivity index (χ4v) is 1.06. The Morgan fingerprint density at radius 2 is 2.40 bits per heavy atom. The molecular weight excluding hydrogens is 192 g/mol. The molecule has 0 bridgehead atoms. The molecule has 1 heterocycles. The van der Waals surface area contributed by atoms with Crippen molar-refractivity contribution in [2.24, 2.45) is 0 Å². The van der Waals surface area contributed by atoms with Crippen LogP contribution in [0.1, 0.15) is 17.3 Å². The standard InChI is InChI=1S/C11H14N2O2/c1-8(2)6-13-11(14)9-4-5-12-7-10(9)15-3/h4-5,7H,1,6H2,2-3H3,(H,13,14). The maximum absolute atomic E-state index is 11.7. The van der Waals surface area contributed by atoms with Crippen LogP contribution in [0.15, 0.2) is 30.6 Å². The third-order valence-electron chi connectivity index (χ3n) is 1.80. The Morgan fingerprint density at radius 1 is 1.67 bits per heavy atom. The quantitative estimate of drug-likeness (QED) is 0.757. The minimum atomic E-state index is -0.183. The summed E-state index contributed by atoms with van der Waals surface area (Å²) >= 11 is 0. The Balaban J connectivity index is 2.77. The van der Waals surface area contributed by atoms with Crippen molar-refractivity contribution < 1.29 is 9.53 Å². The number of carbonyl (C=O) groups excluding carboxylic acids is 1. The highest BCUT2D eigenvalue weighted by Crippen LogP contribution is 2.14. The van der Waals surface area contributed by atoms with Gasteiger partial charge in [-0.1, -0.05) is 12.2 Å². The highest BCUT2D eigenvalue weighted by molar-refractivity contribution is 5.96. The monoisotopic (exact) mass is 206 g/mol. The third-order valence-corrected chi connectivity index (χ3v) is 1.80. The van der Waals surface area contributed by atoms with E-state index >= 15 is 0 Å². The minimum Gasteiger partial charge on any atom is -0.494 e. The molecule has 0 fully saturated rings. The van der Waals surface area contributed by atoms with E-state index in [1.54, 1.807) is 12.3 Å². The summed E-state index contributed by atoms with van der Waals surface area (Å²) in [7, 11) is 1.51.